The third kappa shape index (κ3) is 7.48. The minimum absolute atomic E-state index is 0.0138. The number of carbonyl (C=O) groups excluding carboxylic acids is 1. The molecule has 2 aliphatic rings. The normalized spacial score (nSPS) is 21.3. The zero-order valence-corrected chi connectivity index (χ0v) is 23.8. The van der Waals surface area contributed by atoms with E-state index in [0.29, 0.717) is 49.4 Å². The summed E-state index contributed by atoms with van der Waals surface area (Å²) in [6.07, 6.45) is -0.317. The Morgan fingerprint density at radius 2 is 1.81 bits per heavy atom. The number of carboxylic acid groups (broad SMARTS) is 1. The lowest BCUT2D eigenvalue weighted by atomic mass is 9.84. The maximum atomic E-state index is 15.1. The van der Waals surface area contributed by atoms with E-state index in [9.17, 15) is 23.5 Å². The summed E-state index contributed by atoms with van der Waals surface area (Å²) in [6, 6.07) is 11.5. The van der Waals surface area contributed by atoms with Crippen LogP contribution in [0.2, 0.25) is 5.02 Å². The second-order valence-electron chi connectivity index (χ2n) is 10.8. The highest BCUT2D eigenvalue weighted by Gasteiger charge is 2.41. The summed E-state index contributed by atoms with van der Waals surface area (Å²) in [5, 5.41) is 18.2. The topological polar surface area (TPSA) is 109 Å². The SMILES string of the molecule is O=C(O)N[C@H](C(=O)Nc1cccc(F)c1CC[C@@H]1CNCC2(CCOC2)O1)[C@@H](c1ccc(Cl)cc1)c1cc(F)cc(F)c1. The molecule has 0 aliphatic carbocycles. The van der Waals surface area contributed by atoms with Crippen molar-refractivity contribution in [2.24, 2.45) is 0 Å². The van der Waals surface area contributed by atoms with Gasteiger partial charge in [0, 0.05) is 54.4 Å². The zero-order valence-electron chi connectivity index (χ0n) is 23.0. The molecule has 1 unspecified atom stereocenters. The number of hydrogen-bond acceptors (Lipinski definition) is 5. The Balaban J connectivity index is 1.42. The number of morpholine rings is 1. The smallest absolute Gasteiger partial charge is 0.405 e. The summed E-state index contributed by atoms with van der Waals surface area (Å²) in [6.45, 7) is 2.35. The Labute approximate surface area is 251 Å². The molecule has 12 heteroatoms. The van der Waals surface area contributed by atoms with E-state index >= 15 is 4.39 Å². The molecular weight excluding hydrogens is 587 g/mol. The van der Waals surface area contributed by atoms with Crippen molar-refractivity contribution < 1.29 is 37.3 Å². The molecule has 4 atom stereocenters. The first-order chi connectivity index (χ1) is 20.6. The quantitative estimate of drug-likeness (QED) is 0.261. The summed E-state index contributed by atoms with van der Waals surface area (Å²) in [5.74, 6) is -4.37. The molecule has 43 heavy (non-hydrogen) atoms. The largest absolute Gasteiger partial charge is 0.465 e. The molecule has 1 spiro atoms. The van der Waals surface area contributed by atoms with Gasteiger partial charge in [0.25, 0.3) is 0 Å². The number of carbonyl (C=O) groups is 2. The summed E-state index contributed by atoms with van der Waals surface area (Å²) >= 11 is 6.04. The van der Waals surface area contributed by atoms with E-state index in [1.54, 1.807) is 0 Å². The molecule has 0 saturated carbocycles. The van der Waals surface area contributed by atoms with E-state index in [2.05, 4.69) is 16.0 Å². The Bertz CT molecular complexity index is 1450. The molecule has 0 radical (unpaired) electrons. The number of ether oxygens (including phenoxy) is 2. The van der Waals surface area contributed by atoms with Crippen LogP contribution in [-0.4, -0.2) is 61.2 Å². The average Bonchev–Trinajstić information content (AvgIpc) is 3.39. The van der Waals surface area contributed by atoms with Gasteiger partial charge >= 0.3 is 6.09 Å². The number of nitrogens with one attached hydrogen (secondary N) is 3. The zero-order chi connectivity index (χ0) is 30.6. The summed E-state index contributed by atoms with van der Waals surface area (Å²) in [5.41, 5.74) is 0.341. The first kappa shape index (κ1) is 30.8. The minimum Gasteiger partial charge on any atom is -0.465 e. The van der Waals surface area contributed by atoms with Gasteiger partial charge in [0.1, 0.15) is 29.1 Å². The first-order valence-electron chi connectivity index (χ1n) is 13.9. The van der Waals surface area contributed by atoms with Crippen LogP contribution in [0.3, 0.4) is 0 Å². The van der Waals surface area contributed by atoms with Crippen LogP contribution in [0.5, 0.6) is 0 Å². The van der Waals surface area contributed by atoms with Crippen LogP contribution in [0.1, 0.15) is 35.4 Å². The van der Waals surface area contributed by atoms with Gasteiger partial charge in [-0.05, 0) is 60.4 Å². The second-order valence-corrected chi connectivity index (χ2v) is 11.2. The number of hydrogen-bond donors (Lipinski definition) is 4. The number of amides is 2. The molecule has 228 valence electrons. The van der Waals surface area contributed by atoms with Crippen LogP contribution >= 0.6 is 11.6 Å². The number of anilines is 1. The van der Waals surface area contributed by atoms with Gasteiger partial charge in [0.05, 0.1) is 12.7 Å². The van der Waals surface area contributed by atoms with Gasteiger partial charge < -0.3 is 30.5 Å². The van der Waals surface area contributed by atoms with Crippen molar-refractivity contribution in [3.05, 3.63) is 99.8 Å². The van der Waals surface area contributed by atoms with Gasteiger partial charge in [-0.3, -0.25) is 4.79 Å². The van der Waals surface area contributed by atoms with Gasteiger partial charge in [-0.1, -0.05) is 29.8 Å². The molecule has 3 aromatic carbocycles. The van der Waals surface area contributed by atoms with Crippen molar-refractivity contribution in [2.45, 2.75) is 42.9 Å². The van der Waals surface area contributed by atoms with Crippen LogP contribution in [0.4, 0.5) is 23.7 Å². The van der Waals surface area contributed by atoms with Crippen LogP contribution in [0, 0.1) is 17.5 Å². The second kappa shape index (κ2) is 13.3. The molecule has 0 aromatic heterocycles. The van der Waals surface area contributed by atoms with Crippen molar-refractivity contribution in [1.29, 1.82) is 0 Å². The molecule has 2 fully saturated rings. The van der Waals surface area contributed by atoms with Crippen molar-refractivity contribution in [3.63, 3.8) is 0 Å². The van der Waals surface area contributed by atoms with E-state index in [0.717, 1.165) is 18.6 Å². The summed E-state index contributed by atoms with van der Waals surface area (Å²) in [7, 11) is 0. The highest BCUT2D eigenvalue weighted by molar-refractivity contribution is 6.30. The van der Waals surface area contributed by atoms with Crippen LogP contribution in [0.15, 0.2) is 60.7 Å². The van der Waals surface area contributed by atoms with E-state index in [1.807, 2.05) is 0 Å². The molecule has 2 amide bonds. The molecular formula is C31H31ClF3N3O5. The molecule has 2 aliphatic heterocycles. The Morgan fingerprint density at radius 3 is 2.49 bits per heavy atom. The van der Waals surface area contributed by atoms with E-state index in [1.165, 1.54) is 42.5 Å². The van der Waals surface area contributed by atoms with Crippen molar-refractivity contribution in [2.75, 3.05) is 31.6 Å². The van der Waals surface area contributed by atoms with Crippen LogP contribution < -0.4 is 16.0 Å². The van der Waals surface area contributed by atoms with Gasteiger partial charge in [0.15, 0.2) is 0 Å². The van der Waals surface area contributed by atoms with Gasteiger partial charge in [-0.25, -0.2) is 18.0 Å². The van der Waals surface area contributed by atoms with Crippen LogP contribution in [-0.2, 0) is 20.7 Å². The highest BCUT2D eigenvalue weighted by Crippen LogP contribution is 2.33. The van der Waals surface area contributed by atoms with Gasteiger partial charge in [-0.15, -0.1) is 0 Å². The predicted octanol–water partition coefficient (Wildman–Crippen LogP) is 5.24. The van der Waals surface area contributed by atoms with E-state index < -0.39 is 47.0 Å². The maximum Gasteiger partial charge on any atom is 0.405 e. The fourth-order valence-electron chi connectivity index (χ4n) is 5.76. The first-order valence-corrected chi connectivity index (χ1v) is 14.3. The minimum atomic E-state index is -1.57. The Morgan fingerprint density at radius 1 is 1.07 bits per heavy atom. The summed E-state index contributed by atoms with van der Waals surface area (Å²) in [4.78, 5) is 25.7. The molecule has 0 bridgehead atoms. The third-order valence-electron chi connectivity index (χ3n) is 7.76. The lowest BCUT2D eigenvalue weighted by Crippen LogP contribution is -2.54. The highest BCUT2D eigenvalue weighted by atomic mass is 35.5. The lowest BCUT2D eigenvalue weighted by molar-refractivity contribution is -0.118. The van der Waals surface area contributed by atoms with Crippen LogP contribution in [0.25, 0.3) is 0 Å². The lowest BCUT2D eigenvalue weighted by Gasteiger charge is -2.38. The van der Waals surface area contributed by atoms with Gasteiger partial charge in [-0.2, -0.15) is 0 Å². The fourth-order valence-corrected chi connectivity index (χ4v) is 5.89. The number of halogens is 4. The predicted molar refractivity (Wildman–Crippen MR) is 154 cm³/mol. The fraction of sp³-hybridized carbons (Fsp3) is 0.355. The standard InChI is InChI=1S/C31H31ClF3N3O5/c32-20-6-4-18(5-7-20)27(19-12-21(33)14-22(34)13-19)28(38-30(40)41)29(39)37-26-3-1-2-25(35)24(26)9-8-23-15-36-16-31(43-23)10-11-42-17-31/h1-7,12-14,23,27-28,36,38H,8-11,15-17H2,(H,37,39)(H,40,41)/t23-,27+,28+,31?/m1/s1. The van der Waals surface area contributed by atoms with Crippen molar-refractivity contribution >= 4 is 29.3 Å². The monoisotopic (exact) mass is 617 g/mol. The Hall–Kier alpha value is -3.64. The molecule has 2 saturated heterocycles. The maximum absolute atomic E-state index is 15.1. The van der Waals surface area contributed by atoms with E-state index in [4.69, 9.17) is 21.1 Å². The molecule has 8 nitrogen and oxygen atoms in total. The number of rotatable bonds is 9. The average molecular weight is 618 g/mol. The molecule has 4 N–H and O–H groups in total. The summed E-state index contributed by atoms with van der Waals surface area (Å²) < 4.78 is 55.6. The van der Waals surface area contributed by atoms with Gasteiger partial charge in [0.2, 0.25) is 5.91 Å². The number of benzene rings is 3. The molecule has 3 aromatic rings. The van der Waals surface area contributed by atoms with Crippen molar-refractivity contribution in [3.8, 4) is 0 Å². The molecule has 5 rings (SSSR count). The molecule has 2 heterocycles. The van der Waals surface area contributed by atoms with E-state index in [-0.39, 0.29) is 29.3 Å². The van der Waals surface area contributed by atoms with Crippen molar-refractivity contribution in [1.82, 2.24) is 10.6 Å². The third-order valence-corrected chi connectivity index (χ3v) is 8.02. The Kier molecular flexibility index (Phi) is 9.55.